The lowest BCUT2D eigenvalue weighted by Crippen LogP contribution is -2.56. The van der Waals surface area contributed by atoms with Gasteiger partial charge in [-0.2, -0.15) is 0 Å². The number of rotatable bonds is 0. The summed E-state index contributed by atoms with van der Waals surface area (Å²) < 4.78 is -3.03. The number of fused-ring (bicyclic) bond motifs is 1. The van der Waals surface area contributed by atoms with Crippen molar-refractivity contribution >= 4 is 80.6 Å². The van der Waals surface area contributed by atoms with E-state index in [0.717, 1.165) is 25.7 Å². The number of carbonyl (C=O) groups excluding carboxylic acids is 2. The van der Waals surface area contributed by atoms with Crippen molar-refractivity contribution < 1.29 is 9.59 Å². The predicted molar refractivity (Wildman–Crippen MR) is 122 cm³/mol. The van der Waals surface area contributed by atoms with Gasteiger partial charge >= 0.3 is 0 Å². The van der Waals surface area contributed by atoms with Crippen molar-refractivity contribution in [2.24, 2.45) is 11.8 Å². The minimum Gasteiger partial charge on any atom is -0.296 e. The molecule has 2 nitrogen and oxygen atoms in total. The Labute approximate surface area is 197 Å². The van der Waals surface area contributed by atoms with Gasteiger partial charge in [-0.05, 0) is 63.0 Å². The van der Waals surface area contributed by atoms with Crippen LogP contribution in [0.25, 0.3) is 0 Å². The topological polar surface area (TPSA) is 34.1 Å². The molecule has 0 heterocycles. The van der Waals surface area contributed by atoms with E-state index in [1.807, 2.05) is 0 Å². The normalized spacial score (nSPS) is 28.1. The molecule has 0 aromatic heterocycles. The molecule has 0 aromatic carbocycles. The van der Waals surface area contributed by atoms with Crippen LogP contribution in [-0.4, -0.2) is 19.2 Å². The highest BCUT2D eigenvalue weighted by molar-refractivity contribution is 6.88. The molecule has 3 aliphatic carbocycles. The monoisotopic (exact) mass is 506 g/mol. The number of allylic oxidation sites excluding steroid dienone is 6. The first-order chi connectivity index (χ1) is 13.1. The standard InChI is InChI=1S/C10H12Cl2O.C8H12.C2Cl4O/c11-10(12)8-6-4-2-1-3-5-7(8)9(10)13;1-2-4-6-8-7-5-3-1;3-1(7)2(4,5)6/h1-2,7-8H,3-6H2;1-2,7-8H,3-6H2;/b2-1-;2-1-,8-7?;. The molecule has 3 rings (SSSR count). The lowest BCUT2D eigenvalue weighted by Gasteiger charge is -2.46. The summed E-state index contributed by atoms with van der Waals surface area (Å²) in [5.41, 5.74) is 0. The summed E-state index contributed by atoms with van der Waals surface area (Å²) in [4.78, 5) is 21.3. The largest absolute Gasteiger partial charge is 0.296 e. The fourth-order valence-electron chi connectivity index (χ4n) is 3.13. The zero-order valence-electron chi connectivity index (χ0n) is 15.4. The molecule has 0 bridgehead atoms. The van der Waals surface area contributed by atoms with E-state index in [0.29, 0.717) is 0 Å². The molecule has 0 amide bonds. The van der Waals surface area contributed by atoms with Gasteiger partial charge in [0.2, 0.25) is 0 Å². The van der Waals surface area contributed by atoms with Crippen molar-refractivity contribution in [3.8, 4) is 0 Å². The number of ketones is 1. The van der Waals surface area contributed by atoms with Crippen LogP contribution in [-0.2, 0) is 9.59 Å². The number of halogens is 6. The SMILES string of the molecule is C1=CCC/C=C\CC1.O=C(Cl)C(Cl)(Cl)Cl.O=C1C2CC/C=C\CCC2C1(Cl)Cl. The average Bonchev–Trinajstić information content (AvgIpc) is 2.54. The van der Waals surface area contributed by atoms with E-state index < -0.39 is 13.4 Å². The molecule has 2 unspecified atom stereocenters. The van der Waals surface area contributed by atoms with Gasteiger partial charge in [0.1, 0.15) is 0 Å². The van der Waals surface area contributed by atoms with Crippen LogP contribution in [0.3, 0.4) is 0 Å². The fourth-order valence-corrected chi connectivity index (χ4v) is 3.93. The van der Waals surface area contributed by atoms with Crippen molar-refractivity contribution in [1.29, 1.82) is 0 Å². The molecule has 0 aromatic rings. The number of hydrogen-bond donors (Lipinski definition) is 0. The van der Waals surface area contributed by atoms with Crippen molar-refractivity contribution in [3.05, 3.63) is 36.5 Å². The van der Waals surface area contributed by atoms with Gasteiger partial charge in [0.15, 0.2) is 10.1 Å². The highest BCUT2D eigenvalue weighted by Crippen LogP contribution is 2.53. The first-order valence-electron chi connectivity index (χ1n) is 9.22. The summed E-state index contributed by atoms with van der Waals surface area (Å²) in [6.07, 6.45) is 22.1. The van der Waals surface area contributed by atoms with E-state index >= 15 is 0 Å². The van der Waals surface area contributed by atoms with E-state index in [1.165, 1.54) is 25.7 Å². The van der Waals surface area contributed by atoms with Gasteiger partial charge in [0, 0.05) is 11.8 Å². The molecule has 28 heavy (non-hydrogen) atoms. The van der Waals surface area contributed by atoms with Crippen LogP contribution in [0, 0.1) is 11.8 Å². The highest BCUT2D eigenvalue weighted by atomic mass is 35.6. The molecular weight excluding hydrogens is 485 g/mol. The molecule has 0 aliphatic heterocycles. The average molecular weight is 509 g/mol. The second-order valence-corrected chi connectivity index (χ2v) is 10.7. The molecule has 3 aliphatic rings. The minimum atomic E-state index is -1.96. The Kier molecular flexibility index (Phi) is 12.1. The summed E-state index contributed by atoms with van der Waals surface area (Å²) in [5, 5.41) is -0.988. The third-order valence-electron chi connectivity index (χ3n) is 4.63. The van der Waals surface area contributed by atoms with E-state index in [1.54, 1.807) is 0 Å². The van der Waals surface area contributed by atoms with Crippen LogP contribution < -0.4 is 0 Å². The van der Waals surface area contributed by atoms with Gasteiger partial charge in [-0.25, -0.2) is 0 Å². The van der Waals surface area contributed by atoms with Gasteiger partial charge in [-0.3, -0.25) is 9.59 Å². The smallest absolute Gasteiger partial charge is 0.273 e. The van der Waals surface area contributed by atoms with Gasteiger partial charge in [0.05, 0.1) is 0 Å². The first kappa shape index (κ1) is 26.3. The predicted octanol–water partition coefficient (Wildman–Crippen LogP) is 7.90. The molecule has 2 atom stereocenters. The number of alkyl halides is 5. The molecule has 1 saturated carbocycles. The molecule has 8 heteroatoms. The molecule has 0 radical (unpaired) electrons. The van der Waals surface area contributed by atoms with Gasteiger partial charge in [0.25, 0.3) is 9.03 Å². The molecule has 1 fully saturated rings. The van der Waals surface area contributed by atoms with Gasteiger partial charge < -0.3 is 0 Å². The van der Waals surface area contributed by atoms with Crippen LogP contribution in [0.1, 0.15) is 51.4 Å². The lowest BCUT2D eigenvalue weighted by atomic mass is 9.66. The Hall–Kier alpha value is 0.300. The summed E-state index contributed by atoms with van der Waals surface area (Å²) in [6.45, 7) is 0. The lowest BCUT2D eigenvalue weighted by molar-refractivity contribution is -0.136. The molecule has 0 spiro atoms. The van der Waals surface area contributed by atoms with Crippen molar-refractivity contribution in [2.75, 3.05) is 0 Å². The van der Waals surface area contributed by atoms with E-state index in [2.05, 4.69) is 36.5 Å². The second-order valence-electron chi connectivity index (χ2n) is 6.70. The summed E-state index contributed by atoms with van der Waals surface area (Å²) in [7, 11) is 0. The van der Waals surface area contributed by atoms with Crippen LogP contribution in [0.5, 0.6) is 0 Å². The minimum absolute atomic E-state index is 0.0381. The zero-order chi connectivity index (χ0) is 21.2. The maximum absolute atomic E-state index is 11.5. The molecule has 0 saturated heterocycles. The van der Waals surface area contributed by atoms with Crippen molar-refractivity contribution in [2.45, 2.75) is 59.5 Å². The molecule has 158 valence electrons. The summed E-state index contributed by atoms with van der Waals surface area (Å²) in [5.74, 6) is 0.351. The Bertz CT molecular complexity index is 578. The highest BCUT2D eigenvalue weighted by Gasteiger charge is 2.59. The van der Waals surface area contributed by atoms with Crippen LogP contribution >= 0.6 is 69.6 Å². The molecule has 0 N–H and O–H groups in total. The Balaban J connectivity index is 0.000000227. The van der Waals surface area contributed by atoms with Crippen molar-refractivity contribution in [3.63, 3.8) is 0 Å². The van der Waals surface area contributed by atoms with E-state index in [4.69, 9.17) is 69.6 Å². The Morgan fingerprint density at radius 2 is 1.18 bits per heavy atom. The quantitative estimate of drug-likeness (QED) is 0.189. The van der Waals surface area contributed by atoms with Crippen molar-refractivity contribution in [1.82, 2.24) is 0 Å². The first-order valence-corrected chi connectivity index (χ1v) is 11.5. The van der Waals surface area contributed by atoms with Crippen LogP contribution in [0.15, 0.2) is 36.5 Å². The number of hydrogen-bond acceptors (Lipinski definition) is 2. The fraction of sp³-hybridized carbons (Fsp3) is 0.600. The van der Waals surface area contributed by atoms with Gasteiger partial charge in [-0.1, -0.05) is 94.5 Å². The maximum Gasteiger partial charge on any atom is 0.273 e. The van der Waals surface area contributed by atoms with E-state index in [9.17, 15) is 9.59 Å². The van der Waals surface area contributed by atoms with E-state index in [-0.39, 0.29) is 17.6 Å². The number of carbonyl (C=O) groups is 2. The Morgan fingerprint density at radius 1 is 0.821 bits per heavy atom. The number of Topliss-reactive ketones (excluding diaryl/α,β-unsaturated/α-hetero) is 1. The van der Waals surface area contributed by atoms with Crippen LogP contribution in [0.4, 0.5) is 0 Å². The molecular formula is C20H24Cl6O2. The third kappa shape index (κ3) is 8.98. The summed E-state index contributed by atoms with van der Waals surface area (Å²) in [6, 6.07) is 0. The zero-order valence-corrected chi connectivity index (χ0v) is 19.9. The third-order valence-corrected chi connectivity index (χ3v) is 6.65. The van der Waals surface area contributed by atoms with Gasteiger partial charge in [-0.15, -0.1) is 0 Å². The maximum atomic E-state index is 11.5. The van der Waals surface area contributed by atoms with Crippen LogP contribution in [0.2, 0.25) is 0 Å². The summed E-state index contributed by atoms with van der Waals surface area (Å²) >= 11 is 31.4. The second kappa shape index (κ2) is 12.9. The Morgan fingerprint density at radius 3 is 1.57 bits per heavy atom.